The molecular weight excluding hydrogens is 216 g/mol. The molecule has 0 aliphatic rings. The molecule has 0 aliphatic carbocycles. The molecule has 1 amide bonds. The van der Waals surface area contributed by atoms with Crippen LogP contribution in [0.3, 0.4) is 0 Å². The molecule has 1 aromatic heterocycles. The molecule has 0 atom stereocenters. The second kappa shape index (κ2) is 6.85. The molecule has 1 heterocycles. The van der Waals surface area contributed by atoms with Crippen molar-refractivity contribution in [2.75, 3.05) is 30.9 Å². The fourth-order valence-corrected chi connectivity index (χ4v) is 1.52. The monoisotopic (exact) mass is 236 g/mol. The first-order valence-corrected chi connectivity index (χ1v) is 5.76. The van der Waals surface area contributed by atoms with E-state index >= 15 is 0 Å². The summed E-state index contributed by atoms with van der Waals surface area (Å²) in [4.78, 5) is 17.6. The van der Waals surface area contributed by atoms with Crippen molar-refractivity contribution in [1.29, 1.82) is 0 Å². The molecule has 0 aliphatic heterocycles. The number of anilines is 2. The summed E-state index contributed by atoms with van der Waals surface area (Å²) >= 11 is 0. The lowest BCUT2D eigenvalue weighted by Crippen LogP contribution is -2.16. The molecular formula is C12H20N4O. The number of nitrogens with two attached hydrogens (primary N) is 1. The summed E-state index contributed by atoms with van der Waals surface area (Å²) < 4.78 is 0. The van der Waals surface area contributed by atoms with Crippen LogP contribution >= 0.6 is 0 Å². The van der Waals surface area contributed by atoms with Gasteiger partial charge < -0.3 is 16.0 Å². The average molecular weight is 236 g/mol. The maximum atomic E-state index is 11.7. The van der Waals surface area contributed by atoms with Gasteiger partial charge >= 0.3 is 0 Å². The summed E-state index contributed by atoms with van der Waals surface area (Å²) in [5.41, 5.74) is 7.08. The topological polar surface area (TPSA) is 71.2 Å². The van der Waals surface area contributed by atoms with E-state index in [1.165, 1.54) is 0 Å². The molecule has 17 heavy (non-hydrogen) atoms. The smallest absolute Gasteiger partial charge is 0.224 e. The summed E-state index contributed by atoms with van der Waals surface area (Å²) in [5.74, 6) is 0.00884. The number of pyridine rings is 1. The van der Waals surface area contributed by atoms with Crippen molar-refractivity contribution in [3.63, 3.8) is 0 Å². The number of unbranched alkanes of at least 4 members (excludes halogenated alkanes) is 1. The first-order chi connectivity index (χ1) is 8.15. The highest BCUT2D eigenvalue weighted by atomic mass is 16.1. The molecule has 1 aromatic rings. The Labute approximate surface area is 102 Å². The quantitative estimate of drug-likeness (QED) is 0.728. The summed E-state index contributed by atoms with van der Waals surface area (Å²) in [5, 5.41) is 2.87. The van der Waals surface area contributed by atoms with Crippen LogP contribution in [0.4, 0.5) is 11.4 Å². The van der Waals surface area contributed by atoms with Crippen LogP contribution in [0.5, 0.6) is 0 Å². The van der Waals surface area contributed by atoms with E-state index in [9.17, 15) is 4.79 Å². The minimum atomic E-state index is 0.00884. The van der Waals surface area contributed by atoms with E-state index in [2.05, 4.69) is 10.3 Å². The van der Waals surface area contributed by atoms with Crippen LogP contribution < -0.4 is 16.0 Å². The lowest BCUT2D eigenvalue weighted by molar-refractivity contribution is -0.116. The van der Waals surface area contributed by atoms with Gasteiger partial charge in [0.2, 0.25) is 5.91 Å². The molecule has 0 spiro atoms. The van der Waals surface area contributed by atoms with E-state index in [1.807, 2.05) is 25.1 Å². The van der Waals surface area contributed by atoms with Crippen molar-refractivity contribution < 1.29 is 4.79 Å². The maximum absolute atomic E-state index is 11.7. The lowest BCUT2D eigenvalue weighted by atomic mass is 10.2. The van der Waals surface area contributed by atoms with Crippen LogP contribution in [0.25, 0.3) is 0 Å². The first-order valence-electron chi connectivity index (χ1n) is 5.76. The van der Waals surface area contributed by atoms with Crippen molar-refractivity contribution >= 4 is 17.3 Å². The van der Waals surface area contributed by atoms with E-state index in [4.69, 9.17) is 5.73 Å². The van der Waals surface area contributed by atoms with Gasteiger partial charge in [0.25, 0.3) is 0 Å². The Morgan fingerprint density at radius 2 is 2.24 bits per heavy atom. The summed E-state index contributed by atoms with van der Waals surface area (Å²) in [6.07, 6.45) is 5.56. The zero-order chi connectivity index (χ0) is 12.7. The molecule has 1 rings (SSSR count). The predicted molar refractivity (Wildman–Crippen MR) is 70.1 cm³/mol. The number of nitrogens with zero attached hydrogens (tertiary/aromatic N) is 2. The van der Waals surface area contributed by atoms with E-state index in [0.29, 0.717) is 13.0 Å². The molecule has 0 aromatic carbocycles. The fraction of sp³-hybridized carbons (Fsp3) is 0.500. The molecule has 5 heteroatoms. The molecule has 0 fully saturated rings. The molecule has 94 valence electrons. The number of amides is 1. The third-order valence-corrected chi connectivity index (χ3v) is 2.41. The third kappa shape index (κ3) is 4.40. The molecule has 0 unspecified atom stereocenters. The standard InChI is InChI=1S/C12H20N4O/c1-16(2)11-6-8-14-9-10(11)15-12(17)5-3-4-7-13/h6,8-9H,3-5,7,13H2,1-2H3,(H,15,17). The zero-order valence-corrected chi connectivity index (χ0v) is 10.4. The van der Waals surface area contributed by atoms with Gasteiger partial charge in [0.1, 0.15) is 0 Å². The van der Waals surface area contributed by atoms with E-state index < -0.39 is 0 Å². The Hall–Kier alpha value is -1.62. The average Bonchev–Trinajstić information content (AvgIpc) is 2.29. The van der Waals surface area contributed by atoms with Gasteiger partial charge in [0, 0.05) is 26.7 Å². The highest BCUT2D eigenvalue weighted by Gasteiger charge is 2.07. The van der Waals surface area contributed by atoms with Crippen molar-refractivity contribution in [2.45, 2.75) is 19.3 Å². The Bertz CT molecular complexity index is 365. The van der Waals surface area contributed by atoms with Crippen molar-refractivity contribution in [1.82, 2.24) is 4.98 Å². The van der Waals surface area contributed by atoms with Crippen LogP contribution in [0.15, 0.2) is 18.5 Å². The number of hydrogen-bond donors (Lipinski definition) is 2. The molecule has 5 nitrogen and oxygen atoms in total. The lowest BCUT2D eigenvalue weighted by Gasteiger charge is -2.17. The van der Waals surface area contributed by atoms with Gasteiger partial charge in [-0.3, -0.25) is 9.78 Å². The number of nitrogens with one attached hydrogen (secondary N) is 1. The van der Waals surface area contributed by atoms with Gasteiger partial charge in [-0.2, -0.15) is 0 Å². The van der Waals surface area contributed by atoms with Crippen LogP contribution in [-0.2, 0) is 4.79 Å². The third-order valence-electron chi connectivity index (χ3n) is 2.41. The maximum Gasteiger partial charge on any atom is 0.224 e. The van der Waals surface area contributed by atoms with Gasteiger partial charge in [-0.1, -0.05) is 0 Å². The van der Waals surface area contributed by atoms with Gasteiger partial charge in [-0.15, -0.1) is 0 Å². The number of aromatic nitrogens is 1. The molecule has 3 N–H and O–H groups in total. The largest absolute Gasteiger partial charge is 0.376 e. The van der Waals surface area contributed by atoms with E-state index in [0.717, 1.165) is 24.2 Å². The molecule has 0 saturated heterocycles. The zero-order valence-electron chi connectivity index (χ0n) is 10.4. The number of rotatable bonds is 6. The minimum absolute atomic E-state index is 0.00884. The van der Waals surface area contributed by atoms with Crippen LogP contribution in [-0.4, -0.2) is 31.5 Å². The van der Waals surface area contributed by atoms with Crippen molar-refractivity contribution in [3.8, 4) is 0 Å². The molecule has 0 radical (unpaired) electrons. The van der Waals surface area contributed by atoms with Crippen molar-refractivity contribution in [3.05, 3.63) is 18.5 Å². The summed E-state index contributed by atoms with van der Waals surface area (Å²) in [7, 11) is 3.86. The second-order valence-electron chi connectivity index (χ2n) is 4.08. The predicted octanol–water partition coefficient (Wildman–Crippen LogP) is 1.22. The van der Waals surface area contributed by atoms with Crippen LogP contribution in [0.1, 0.15) is 19.3 Å². The Morgan fingerprint density at radius 3 is 2.88 bits per heavy atom. The highest BCUT2D eigenvalue weighted by Crippen LogP contribution is 2.22. The first kappa shape index (κ1) is 13.4. The van der Waals surface area contributed by atoms with E-state index in [1.54, 1.807) is 12.4 Å². The fourth-order valence-electron chi connectivity index (χ4n) is 1.52. The summed E-state index contributed by atoms with van der Waals surface area (Å²) in [6, 6.07) is 1.87. The highest BCUT2D eigenvalue weighted by molar-refractivity contribution is 5.93. The SMILES string of the molecule is CN(C)c1ccncc1NC(=O)CCCCN. The van der Waals surface area contributed by atoms with Gasteiger partial charge in [-0.05, 0) is 25.5 Å². The Morgan fingerprint density at radius 1 is 1.47 bits per heavy atom. The number of carbonyl (C=O) groups is 1. The minimum Gasteiger partial charge on any atom is -0.376 e. The second-order valence-corrected chi connectivity index (χ2v) is 4.08. The Kier molecular flexibility index (Phi) is 5.42. The molecule has 0 bridgehead atoms. The van der Waals surface area contributed by atoms with Gasteiger partial charge in [0.05, 0.1) is 17.6 Å². The normalized spacial score (nSPS) is 10.1. The number of carbonyl (C=O) groups excluding carboxylic acids is 1. The van der Waals surface area contributed by atoms with E-state index in [-0.39, 0.29) is 5.91 Å². The molecule has 0 saturated carbocycles. The van der Waals surface area contributed by atoms with Crippen molar-refractivity contribution in [2.24, 2.45) is 5.73 Å². The van der Waals surface area contributed by atoms with Crippen LogP contribution in [0, 0.1) is 0 Å². The summed E-state index contributed by atoms with van der Waals surface area (Å²) in [6.45, 7) is 0.628. The Balaban J connectivity index is 2.58. The van der Waals surface area contributed by atoms with Gasteiger partial charge in [0.15, 0.2) is 0 Å². The number of hydrogen-bond acceptors (Lipinski definition) is 4. The van der Waals surface area contributed by atoms with Crippen LogP contribution in [0.2, 0.25) is 0 Å². The van der Waals surface area contributed by atoms with Gasteiger partial charge in [-0.25, -0.2) is 0 Å².